The zero-order chi connectivity index (χ0) is 33.8. The van der Waals surface area contributed by atoms with Crippen LogP contribution in [0.2, 0.25) is 0 Å². The van der Waals surface area contributed by atoms with Crippen molar-refractivity contribution in [1.29, 1.82) is 0 Å². The number of aromatic nitrogens is 3. The maximum Gasteiger partial charge on any atom is 0.160 e. The third-order valence-electron chi connectivity index (χ3n) is 10.4. The summed E-state index contributed by atoms with van der Waals surface area (Å²) in [4.78, 5) is 14.7. The number of benzene rings is 6. The van der Waals surface area contributed by atoms with Gasteiger partial charge >= 0.3 is 0 Å². The first-order chi connectivity index (χ1) is 25.3. The van der Waals surface area contributed by atoms with Gasteiger partial charge in [0.05, 0.1) is 16.8 Å². The zero-order valence-electron chi connectivity index (χ0n) is 27.7. The van der Waals surface area contributed by atoms with Crippen LogP contribution >= 0.6 is 0 Å². The molecule has 0 N–H and O–H groups in total. The van der Waals surface area contributed by atoms with E-state index >= 15 is 0 Å². The number of pyridine rings is 1. The molecule has 2 heterocycles. The quantitative estimate of drug-likeness (QED) is 0.190. The summed E-state index contributed by atoms with van der Waals surface area (Å²) in [5, 5.41) is 0. The Balaban J connectivity index is 1.20. The number of rotatable bonds is 4. The van der Waals surface area contributed by atoms with Crippen LogP contribution in [-0.4, -0.2) is 15.0 Å². The molecule has 51 heavy (non-hydrogen) atoms. The molecule has 0 amide bonds. The van der Waals surface area contributed by atoms with Crippen molar-refractivity contribution >= 4 is 12.2 Å². The average Bonchev–Trinajstić information content (AvgIpc) is 3.42. The standard InChI is InChI=1S/C48H31N3/c1-2-12-35(13-3-1)45-30-46(51-47(50-45)36-25-20-32(21-26-36)38-14-10-28-49-31-38)37-27-24-34-23-22-33-11-4-7-17-41(33)48(44(34)29-37)42-18-8-5-15-39(42)40-16-6-9-19-43(40)48/h1-31H. The number of nitrogens with zero attached hydrogens (tertiary/aromatic N) is 3. The van der Waals surface area contributed by atoms with E-state index in [4.69, 9.17) is 9.97 Å². The molecule has 10 rings (SSSR count). The molecule has 0 fully saturated rings. The molecule has 3 nitrogen and oxygen atoms in total. The van der Waals surface area contributed by atoms with E-state index < -0.39 is 5.41 Å². The summed E-state index contributed by atoms with van der Waals surface area (Å²) in [6.07, 6.45) is 8.24. The molecule has 0 atom stereocenters. The van der Waals surface area contributed by atoms with Gasteiger partial charge < -0.3 is 0 Å². The molecule has 6 aromatic carbocycles. The third-order valence-corrected chi connectivity index (χ3v) is 10.4. The van der Waals surface area contributed by atoms with Gasteiger partial charge in [0, 0.05) is 29.1 Å². The van der Waals surface area contributed by atoms with E-state index in [0.29, 0.717) is 5.82 Å². The highest BCUT2D eigenvalue weighted by Gasteiger charge is 2.48. The van der Waals surface area contributed by atoms with E-state index in [1.54, 1.807) is 6.20 Å². The Morgan fingerprint density at radius 2 is 0.941 bits per heavy atom. The van der Waals surface area contributed by atoms with Crippen LogP contribution in [0.5, 0.6) is 0 Å². The molecule has 0 saturated heterocycles. The van der Waals surface area contributed by atoms with E-state index in [0.717, 1.165) is 39.2 Å². The van der Waals surface area contributed by atoms with Gasteiger partial charge in [-0.2, -0.15) is 0 Å². The second-order valence-corrected chi connectivity index (χ2v) is 13.2. The molecule has 0 aliphatic heterocycles. The van der Waals surface area contributed by atoms with Crippen LogP contribution in [0.4, 0.5) is 0 Å². The summed E-state index contributed by atoms with van der Waals surface area (Å²) in [7, 11) is 0. The summed E-state index contributed by atoms with van der Waals surface area (Å²) >= 11 is 0. The van der Waals surface area contributed by atoms with Crippen molar-refractivity contribution in [1.82, 2.24) is 15.0 Å². The Hall–Kier alpha value is -6.71. The molecule has 0 bridgehead atoms. The average molecular weight is 650 g/mol. The summed E-state index contributed by atoms with van der Waals surface area (Å²) in [6.45, 7) is 0. The number of fused-ring (bicyclic) bond motifs is 9. The minimum atomic E-state index is -0.501. The fourth-order valence-corrected chi connectivity index (χ4v) is 8.14. The van der Waals surface area contributed by atoms with Crippen molar-refractivity contribution in [2.45, 2.75) is 5.41 Å². The molecule has 1 spiro atoms. The Bertz CT molecular complexity index is 2580. The second kappa shape index (κ2) is 11.7. The van der Waals surface area contributed by atoms with Crippen LogP contribution in [0.25, 0.3) is 68.3 Å². The van der Waals surface area contributed by atoms with Crippen LogP contribution in [0.15, 0.2) is 176 Å². The topological polar surface area (TPSA) is 38.7 Å². The molecule has 3 heteroatoms. The lowest BCUT2D eigenvalue weighted by Crippen LogP contribution is -2.30. The van der Waals surface area contributed by atoms with Crippen molar-refractivity contribution < 1.29 is 0 Å². The van der Waals surface area contributed by atoms with Crippen molar-refractivity contribution in [3.8, 4) is 56.2 Å². The summed E-state index contributed by atoms with van der Waals surface area (Å²) in [5.74, 6) is 0.690. The summed E-state index contributed by atoms with van der Waals surface area (Å²) < 4.78 is 0. The highest BCUT2D eigenvalue weighted by Crippen LogP contribution is 2.58. The van der Waals surface area contributed by atoms with Gasteiger partial charge in [0.2, 0.25) is 0 Å². The first-order valence-electron chi connectivity index (χ1n) is 17.3. The Labute approximate surface area is 297 Å². The van der Waals surface area contributed by atoms with Gasteiger partial charge in [-0.15, -0.1) is 0 Å². The Kier molecular flexibility index (Phi) is 6.71. The third kappa shape index (κ3) is 4.63. The minimum absolute atomic E-state index is 0.501. The van der Waals surface area contributed by atoms with Crippen molar-refractivity contribution in [3.05, 3.63) is 210 Å². The van der Waals surface area contributed by atoms with Crippen LogP contribution in [-0.2, 0) is 5.41 Å². The van der Waals surface area contributed by atoms with Gasteiger partial charge in [-0.3, -0.25) is 4.98 Å². The smallest absolute Gasteiger partial charge is 0.160 e. The molecule has 2 aliphatic rings. The van der Waals surface area contributed by atoms with Crippen molar-refractivity contribution in [3.63, 3.8) is 0 Å². The zero-order valence-corrected chi connectivity index (χ0v) is 27.7. The Morgan fingerprint density at radius 3 is 1.65 bits per heavy atom. The van der Waals surface area contributed by atoms with E-state index in [1.165, 1.54) is 44.5 Å². The lowest BCUT2D eigenvalue weighted by molar-refractivity contribution is 0.766. The van der Waals surface area contributed by atoms with Crippen LogP contribution in [0, 0.1) is 0 Å². The van der Waals surface area contributed by atoms with E-state index in [9.17, 15) is 0 Å². The van der Waals surface area contributed by atoms with Gasteiger partial charge in [0.15, 0.2) is 5.82 Å². The van der Waals surface area contributed by atoms with E-state index in [1.807, 2.05) is 18.3 Å². The molecular weight excluding hydrogens is 619 g/mol. The summed E-state index contributed by atoms with van der Waals surface area (Å²) in [6, 6.07) is 58.6. The van der Waals surface area contributed by atoms with Gasteiger partial charge in [0.25, 0.3) is 0 Å². The van der Waals surface area contributed by atoms with Gasteiger partial charge in [0.1, 0.15) is 0 Å². The molecule has 2 aromatic heterocycles. The van der Waals surface area contributed by atoms with Gasteiger partial charge in [-0.25, -0.2) is 9.97 Å². The molecule has 0 radical (unpaired) electrons. The summed E-state index contributed by atoms with van der Waals surface area (Å²) in [5.41, 5.74) is 16.7. The number of hydrogen-bond acceptors (Lipinski definition) is 3. The van der Waals surface area contributed by atoms with Crippen molar-refractivity contribution in [2.24, 2.45) is 0 Å². The molecular formula is C48H31N3. The first kappa shape index (κ1) is 29.2. The van der Waals surface area contributed by atoms with Crippen LogP contribution in [0.3, 0.4) is 0 Å². The predicted molar refractivity (Wildman–Crippen MR) is 208 cm³/mol. The van der Waals surface area contributed by atoms with Crippen molar-refractivity contribution in [2.75, 3.05) is 0 Å². The predicted octanol–water partition coefficient (Wildman–Crippen LogP) is 11.4. The highest BCUT2D eigenvalue weighted by molar-refractivity contribution is 5.92. The minimum Gasteiger partial charge on any atom is -0.264 e. The maximum absolute atomic E-state index is 5.28. The van der Waals surface area contributed by atoms with E-state index in [2.05, 4.69) is 169 Å². The maximum atomic E-state index is 5.28. The molecule has 238 valence electrons. The van der Waals surface area contributed by atoms with E-state index in [-0.39, 0.29) is 0 Å². The largest absolute Gasteiger partial charge is 0.264 e. The monoisotopic (exact) mass is 649 g/mol. The normalized spacial score (nSPS) is 13.2. The van der Waals surface area contributed by atoms with Crippen LogP contribution < -0.4 is 0 Å². The van der Waals surface area contributed by atoms with Gasteiger partial charge in [-0.1, -0.05) is 158 Å². The van der Waals surface area contributed by atoms with Crippen LogP contribution in [0.1, 0.15) is 33.4 Å². The fourth-order valence-electron chi connectivity index (χ4n) is 8.14. The SMILES string of the molecule is C1=Cc2ccc(-c3cc(-c4ccccc4)nc(-c4ccc(-c5cccnc5)cc4)n3)cc2C2(c3ccccc31)c1ccccc1-c1ccccc12. The lowest BCUT2D eigenvalue weighted by Gasteiger charge is -2.35. The van der Waals surface area contributed by atoms with Gasteiger partial charge in [-0.05, 0) is 73.8 Å². The molecule has 0 saturated carbocycles. The highest BCUT2D eigenvalue weighted by atomic mass is 14.9. The second-order valence-electron chi connectivity index (χ2n) is 13.2. The number of hydrogen-bond donors (Lipinski definition) is 0. The molecule has 8 aromatic rings. The molecule has 2 aliphatic carbocycles. The first-order valence-corrected chi connectivity index (χ1v) is 17.3. The lowest BCUT2D eigenvalue weighted by atomic mass is 9.66. The Morgan fingerprint density at radius 1 is 0.373 bits per heavy atom. The molecule has 0 unspecified atom stereocenters. The fraction of sp³-hybridized carbons (Fsp3) is 0.0208.